The average molecular weight is 361 g/mol. The topological polar surface area (TPSA) is 64.1 Å². The number of alkyl halides is 3. The second kappa shape index (κ2) is 6.99. The van der Waals surface area contributed by atoms with Crippen molar-refractivity contribution in [2.45, 2.75) is 12.7 Å². The van der Waals surface area contributed by atoms with E-state index in [1.807, 2.05) is 0 Å². The van der Waals surface area contributed by atoms with Gasteiger partial charge in [-0.2, -0.15) is 13.2 Å². The first kappa shape index (κ1) is 17.7. The Labute approximate surface area is 146 Å². The van der Waals surface area contributed by atoms with Gasteiger partial charge >= 0.3 is 12.1 Å². The molecule has 0 aliphatic heterocycles. The SMILES string of the molecule is COC(=O)c1cccc2cnc(NCc3cccc(C(F)(F)F)c3)nc12. The van der Waals surface area contributed by atoms with Gasteiger partial charge in [-0.05, 0) is 23.8 Å². The van der Waals surface area contributed by atoms with Crippen LogP contribution in [0, 0.1) is 0 Å². The molecular weight excluding hydrogens is 347 g/mol. The van der Waals surface area contributed by atoms with Gasteiger partial charge in [0.25, 0.3) is 0 Å². The molecule has 0 aliphatic rings. The predicted octanol–water partition coefficient (Wildman–Crippen LogP) is 4.05. The average Bonchev–Trinajstić information content (AvgIpc) is 2.64. The Kier molecular flexibility index (Phi) is 4.75. The number of nitrogens with one attached hydrogen (secondary N) is 1. The fourth-order valence-corrected chi connectivity index (χ4v) is 2.45. The fraction of sp³-hybridized carbons (Fsp3) is 0.167. The third-order valence-electron chi connectivity index (χ3n) is 3.72. The summed E-state index contributed by atoms with van der Waals surface area (Å²) in [7, 11) is 1.27. The van der Waals surface area contributed by atoms with Crippen LogP contribution < -0.4 is 5.32 Å². The maximum absolute atomic E-state index is 12.8. The lowest BCUT2D eigenvalue weighted by atomic mass is 10.1. The molecule has 3 aromatic rings. The van der Waals surface area contributed by atoms with Crippen molar-refractivity contribution in [1.29, 1.82) is 0 Å². The van der Waals surface area contributed by atoms with Crippen molar-refractivity contribution in [3.05, 3.63) is 65.4 Å². The zero-order chi connectivity index (χ0) is 18.7. The first-order valence-electron chi connectivity index (χ1n) is 7.62. The highest BCUT2D eigenvalue weighted by Crippen LogP contribution is 2.29. The van der Waals surface area contributed by atoms with E-state index in [0.29, 0.717) is 16.5 Å². The Balaban J connectivity index is 1.85. The molecule has 1 aromatic heterocycles. The quantitative estimate of drug-likeness (QED) is 0.711. The van der Waals surface area contributed by atoms with Crippen LogP contribution in [0.5, 0.6) is 0 Å². The van der Waals surface area contributed by atoms with Crippen LogP contribution in [0.1, 0.15) is 21.5 Å². The van der Waals surface area contributed by atoms with Crippen LogP contribution in [-0.2, 0) is 17.5 Å². The number of halogens is 3. The number of hydrogen-bond donors (Lipinski definition) is 1. The highest BCUT2D eigenvalue weighted by atomic mass is 19.4. The molecule has 0 bridgehead atoms. The van der Waals surface area contributed by atoms with Gasteiger partial charge in [0.1, 0.15) is 0 Å². The molecule has 8 heteroatoms. The molecule has 1 heterocycles. The van der Waals surface area contributed by atoms with Gasteiger partial charge in [-0.3, -0.25) is 0 Å². The van der Waals surface area contributed by atoms with Crippen molar-refractivity contribution in [2.24, 2.45) is 0 Å². The molecule has 0 spiro atoms. The van der Waals surface area contributed by atoms with Gasteiger partial charge in [0.2, 0.25) is 5.95 Å². The van der Waals surface area contributed by atoms with Crippen molar-refractivity contribution < 1.29 is 22.7 Å². The molecule has 134 valence electrons. The number of anilines is 1. The summed E-state index contributed by atoms with van der Waals surface area (Å²) in [6.07, 6.45) is -2.87. The number of esters is 1. The van der Waals surface area contributed by atoms with Crippen LogP contribution in [-0.4, -0.2) is 23.0 Å². The zero-order valence-electron chi connectivity index (χ0n) is 13.7. The number of methoxy groups -OCH3 is 1. The van der Waals surface area contributed by atoms with Gasteiger partial charge in [-0.15, -0.1) is 0 Å². The zero-order valence-corrected chi connectivity index (χ0v) is 13.7. The molecule has 1 N–H and O–H groups in total. The van der Waals surface area contributed by atoms with E-state index in [9.17, 15) is 18.0 Å². The Morgan fingerprint density at radius 1 is 1.19 bits per heavy atom. The van der Waals surface area contributed by atoms with Crippen LogP contribution in [0.15, 0.2) is 48.7 Å². The van der Waals surface area contributed by atoms with Crippen molar-refractivity contribution in [1.82, 2.24) is 9.97 Å². The number of aromatic nitrogens is 2. The van der Waals surface area contributed by atoms with E-state index in [4.69, 9.17) is 4.74 Å². The lowest BCUT2D eigenvalue weighted by Crippen LogP contribution is -2.08. The number of para-hydroxylation sites is 1. The summed E-state index contributed by atoms with van der Waals surface area (Å²) in [5.74, 6) is -0.329. The molecule has 0 saturated carbocycles. The van der Waals surface area contributed by atoms with E-state index in [0.717, 1.165) is 12.1 Å². The summed E-state index contributed by atoms with van der Waals surface area (Å²) in [5, 5.41) is 3.52. The van der Waals surface area contributed by atoms with Crippen LogP contribution >= 0.6 is 0 Å². The second-order valence-electron chi connectivity index (χ2n) is 5.48. The number of nitrogens with zero attached hydrogens (tertiary/aromatic N) is 2. The first-order chi connectivity index (χ1) is 12.4. The minimum atomic E-state index is -4.40. The number of rotatable bonds is 4. The molecule has 0 aliphatic carbocycles. The summed E-state index contributed by atoms with van der Waals surface area (Å²) in [6, 6.07) is 10.0. The Hall–Kier alpha value is -3.16. The van der Waals surface area contributed by atoms with E-state index >= 15 is 0 Å². The van der Waals surface area contributed by atoms with Crippen molar-refractivity contribution in [3.8, 4) is 0 Å². The Bertz CT molecular complexity index is 958. The predicted molar refractivity (Wildman–Crippen MR) is 89.6 cm³/mol. The Morgan fingerprint density at radius 2 is 1.96 bits per heavy atom. The number of fused-ring (bicyclic) bond motifs is 1. The van der Waals surface area contributed by atoms with Gasteiger partial charge in [0, 0.05) is 18.1 Å². The summed E-state index contributed by atoms with van der Waals surface area (Å²) >= 11 is 0. The normalized spacial score (nSPS) is 11.4. The van der Waals surface area contributed by atoms with Crippen LogP contribution in [0.25, 0.3) is 10.9 Å². The smallest absolute Gasteiger partial charge is 0.416 e. The molecule has 0 radical (unpaired) electrons. The first-order valence-corrected chi connectivity index (χ1v) is 7.62. The standard InChI is InChI=1S/C18H14F3N3O2/c1-26-16(25)14-7-3-5-12-10-23-17(24-15(12)14)22-9-11-4-2-6-13(8-11)18(19,20)21/h2-8,10H,9H2,1H3,(H,22,23,24). The molecule has 0 saturated heterocycles. The summed E-state index contributed by atoms with van der Waals surface area (Å²) in [6.45, 7) is 0.107. The third-order valence-corrected chi connectivity index (χ3v) is 3.72. The highest BCUT2D eigenvalue weighted by Gasteiger charge is 2.30. The van der Waals surface area contributed by atoms with Gasteiger partial charge < -0.3 is 10.1 Å². The van der Waals surface area contributed by atoms with Crippen molar-refractivity contribution in [3.63, 3.8) is 0 Å². The fourth-order valence-electron chi connectivity index (χ4n) is 2.45. The van der Waals surface area contributed by atoms with Gasteiger partial charge in [-0.25, -0.2) is 14.8 Å². The van der Waals surface area contributed by atoms with Crippen LogP contribution in [0.4, 0.5) is 19.1 Å². The minimum Gasteiger partial charge on any atom is -0.465 e. The number of carbonyl (C=O) groups is 1. The van der Waals surface area contributed by atoms with E-state index in [1.54, 1.807) is 24.3 Å². The number of ether oxygens (including phenoxy) is 1. The monoisotopic (exact) mass is 361 g/mol. The lowest BCUT2D eigenvalue weighted by Gasteiger charge is -2.10. The van der Waals surface area contributed by atoms with E-state index < -0.39 is 17.7 Å². The number of carbonyl (C=O) groups excluding carboxylic acids is 1. The van der Waals surface area contributed by atoms with Crippen molar-refractivity contribution >= 4 is 22.8 Å². The molecule has 0 amide bonds. The summed E-state index contributed by atoms with van der Waals surface area (Å²) in [4.78, 5) is 20.2. The largest absolute Gasteiger partial charge is 0.465 e. The van der Waals surface area contributed by atoms with Gasteiger partial charge in [-0.1, -0.05) is 24.3 Å². The molecule has 0 unspecified atom stereocenters. The van der Waals surface area contributed by atoms with Gasteiger partial charge in [0.05, 0.1) is 23.8 Å². The van der Waals surface area contributed by atoms with E-state index in [-0.39, 0.29) is 18.1 Å². The summed E-state index contributed by atoms with van der Waals surface area (Å²) < 4.78 is 43.0. The molecule has 0 atom stereocenters. The van der Waals surface area contributed by atoms with Crippen LogP contribution in [0.2, 0.25) is 0 Å². The molecule has 5 nitrogen and oxygen atoms in total. The van der Waals surface area contributed by atoms with E-state index in [1.165, 1.54) is 19.4 Å². The van der Waals surface area contributed by atoms with Crippen molar-refractivity contribution in [2.75, 3.05) is 12.4 Å². The number of benzene rings is 2. The molecule has 26 heavy (non-hydrogen) atoms. The van der Waals surface area contributed by atoms with E-state index in [2.05, 4.69) is 15.3 Å². The lowest BCUT2D eigenvalue weighted by molar-refractivity contribution is -0.137. The number of hydrogen-bond acceptors (Lipinski definition) is 5. The van der Waals surface area contributed by atoms with Crippen LogP contribution in [0.3, 0.4) is 0 Å². The maximum atomic E-state index is 12.8. The van der Waals surface area contributed by atoms with Gasteiger partial charge in [0.15, 0.2) is 0 Å². The third kappa shape index (κ3) is 3.74. The Morgan fingerprint density at radius 3 is 2.69 bits per heavy atom. The molecule has 0 fully saturated rings. The summed E-state index contributed by atoms with van der Waals surface area (Å²) in [5.41, 5.74) is 0.407. The highest BCUT2D eigenvalue weighted by molar-refractivity contribution is 6.02. The molecular formula is C18H14F3N3O2. The molecule has 2 aromatic carbocycles. The minimum absolute atomic E-state index is 0.107. The molecule has 3 rings (SSSR count). The second-order valence-corrected chi connectivity index (χ2v) is 5.48. The maximum Gasteiger partial charge on any atom is 0.416 e.